The van der Waals surface area contributed by atoms with Gasteiger partial charge >= 0.3 is 0 Å². The Kier molecular flexibility index (Phi) is 3.78. The quantitative estimate of drug-likeness (QED) is 0.519. The molecule has 0 aliphatic rings. The van der Waals surface area contributed by atoms with Gasteiger partial charge in [0.25, 0.3) is 0 Å². The predicted octanol–water partition coefficient (Wildman–Crippen LogP) is 5.87. The van der Waals surface area contributed by atoms with E-state index in [9.17, 15) is 0 Å². The largest absolute Gasteiger partial charge is 0.228 e. The lowest BCUT2D eigenvalue weighted by molar-refractivity contribution is 1.21. The molecular formula is C16H11Cl3N2. The molecule has 0 aliphatic carbocycles. The molecule has 0 saturated carbocycles. The highest BCUT2D eigenvalue weighted by Gasteiger charge is 2.12. The van der Waals surface area contributed by atoms with E-state index in [4.69, 9.17) is 34.8 Å². The molecule has 2 aromatic carbocycles. The lowest BCUT2D eigenvalue weighted by Crippen LogP contribution is -1.94. The maximum absolute atomic E-state index is 6.28. The molecule has 1 aromatic heterocycles. The fraction of sp³-hybridized carbons (Fsp3) is 0.125. The van der Waals surface area contributed by atoms with Crippen LogP contribution in [0.25, 0.3) is 22.3 Å². The van der Waals surface area contributed by atoms with E-state index in [1.165, 1.54) is 0 Å². The van der Waals surface area contributed by atoms with Gasteiger partial charge in [-0.1, -0.05) is 46.9 Å². The molecule has 0 fully saturated rings. The van der Waals surface area contributed by atoms with Crippen molar-refractivity contribution in [3.05, 3.63) is 56.7 Å². The van der Waals surface area contributed by atoms with Gasteiger partial charge < -0.3 is 0 Å². The van der Waals surface area contributed by atoms with Crippen LogP contribution in [-0.2, 0) is 0 Å². The number of nitrogens with zero attached hydrogens (tertiary/aromatic N) is 2. The highest BCUT2D eigenvalue weighted by atomic mass is 35.5. The second-order valence-electron chi connectivity index (χ2n) is 4.87. The fourth-order valence-corrected chi connectivity index (χ4v) is 2.70. The van der Waals surface area contributed by atoms with Crippen molar-refractivity contribution in [2.75, 3.05) is 0 Å². The first kappa shape index (κ1) is 14.6. The third-order valence-corrected chi connectivity index (χ3v) is 4.54. The van der Waals surface area contributed by atoms with E-state index in [1.807, 2.05) is 38.1 Å². The van der Waals surface area contributed by atoms with Gasteiger partial charge in [0.2, 0.25) is 0 Å². The van der Waals surface area contributed by atoms with Crippen LogP contribution in [0.15, 0.2) is 30.3 Å². The highest BCUT2D eigenvalue weighted by molar-refractivity contribution is 6.35. The van der Waals surface area contributed by atoms with Crippen LogP contribution in [0.5, 0.6) is 0 Å². The second-order valence-corrected chi connectivity index (χ2v) is 6.04. The van der Waals surface area contributed by atoms with Crippen molar-refractivity contribution in [2.45, 2.75) is 13.8 Å². The van der Waals surface area contributed by atoms with Gasteiger partial charge in [0.15, 0.2) is 5.82 Å². The van der Waals surface area contributed by atoms with Gasteiger partial charge in [-0.15, -0.1) is 0 Å². The molecule has 0 spiro atoms. The van der Waals surface area contributed by atoms with E-state index >= 15 is 0 Å². The summed E-state index contributed by atoms with van der Waals surface area (Å²) in [5.74, 6) is 0.541. The molecule has 0 saturated heterocycles. The van der Waals surface area contributed by atoms with Gasteiger partial charge in [-0.3, -0.25) is 0 Å². The minimum absolute atomic E-state index is 0.409. The van der Waals surface area contributed by atoms with Crippen LogP contribution in [-0.4, -0.2) is 9.97 Å². The zero-order chi connectivity index (χ0) is 15.1. The first-order chi connectivity index (χ1) is 9.97. The standard InChI is InChI=1S/C16H11Cl3N2/c1-8-3-4-10(7-13(8)18)16-20-14-9(2)12(17)6-5-11(14)15(19)21-16/h3-7H,1-2H3. The number of halogens is 3. The summed E-state index contributed by atoms with van der Waals surface area (Å²) < 4.78 is 0. The molecule has 3 aromatic rings. The van der Waals surface area contributed by atoms with E-state index < -0.39 is 0 Å². The number of aryl methyl sites for hydroxylation is 2. The van der Waals surface area contributed by atoms with Gasteiger partial charge in [0.05, 0.1) is 5.52 Å². The molecule has 0 atom stereocenters. The van der Waals surface area contributed by atoms with E-state index in [-0.39, 0.29) is 0 Å². The Morgan fingerprint density at radius 1 is 0.857 bits per heavy atom. The third-order valence-electron chi connectivity index (χ3n) is 3.44. The van der Waals surface area contributed by atoms with E-state index in [0.717, 1.165) is 27.6 Å². The molecule has 21 heavy (non-hydrogen) atoms. The number of fused-ring (bicyclic) bond motifs is 1. The number of benzene rings is 2. The van der Waals surface area contributed by atoms with Gasteiger partial charge in [-0.25, -0.2) is 9.97 Å². The van der Waals surface area contributed by atoms with Crippen molar-refractivity contribution in [1.29, 1.82) is 0 Å². The van der Waals surface area contributed by atoms with Gasteiger partial charge in [-0.2, -0.15) is 0 Å². The maximum Gasteiger partial charge on any atom is 0.161 e. The smallest absolute Gasteiger partial charge is 0.161 e. The van der Waals surface area contributed by atoms with Crippen LogP contribution in [0.2, 0.25) is 15.2 Å². The van der Waals surface area contributed by atoms with Crippen molar-refractivity contribution in [3.63, 3.8) is 0 Å². The van der Waals surface area contributed by atoms with Crippen LogP contribution in [0.1, 0.15) is 11.1 Å². The van der Waals surface area contributed by atoms with Crippen molar-refractivity contribution in [2.24, 2.45) is 0 Å². The summed E-state index contributed by atoms with van der Waals surface area (Å²) >= 11 is 18.6. The average molecular weight is 338 g/mol. The number of rotatable bonds is 1. The summed E-state index contributed by atoms with van der Waals surface area (Å²) in [6.07, 6.45) is 0. The Labute approximate surface area is 137 Å². The normalized spacial score (nSPS) is 11.1. The topological polar surface area (TPSA) is 25.8 Å². The molecule has 2 nitrogen and oxygen atoms in total. The summed E-state index contributed by atoms with van der Waals surface area (Å²) in [4.78, 5) is 8.96. The van der Waals surface area contributed by atoms with Gasteiger partial charge in [0, 0.05) is 21.0 Å². The predicted molar refractivity (Wildman–Crippen MR) is 89.5 cm³/mol. The first-order valence-corrected chi connectivity index (χ1v) is 7.49. The van der Waals surface area contributed by atoms with Gasteiger partial charge in [-0.05, 0) is 43.2 Å². The Balaban J connectivity index is 2.28. The zero-order valence-corrected chi connectivity index (χ0v) is 13.7. The number of hydrogen-bond acceptors (Lipinski definition) is 2. The zero-order valence-electron chi connectivity index (χ0n) is 11.4. The van der Waals surface area contributed by atoms with Crippen molar-refractivity contribution < 1.29 is 0 Å². The molecule has 0 radical (unpaired) electrons. The van der Waals surface area contributed by atoms with Crippen molar-refractivity contribution in [1.82, 2.24) is 9.97 Å². The lowest BCUT2D eigenvalue weighted by atomic mass is 10.1. The van der Waals surface area contributed by atoms with E-state index in [2.05, 4.69) is 9.97 Å². The van der Waals surface area contributed by atoms with Crippen LogP contribution >= 0.6 is 34.8 Å². The van der Waals surface area contributed by atoms with Crippen molar-refractivity contribution in [3.8, 4) is 11.4 Å². The number of hydrogen-bond donors (Lipinski definition) is 0. The monoisotopic (exact) mass is 336 g/mol. The van der Waals surface area contributed by atoms with Gasteiger partial charge in [0.1, 0.15) is 5.15 Å². The first-order valence-electron chi connectivity index (χ1n) is 6.36. The Morgan fingerprint density at radius 2 is 1.62 bits per heavy atom. The summed E-state index contributed by atoms with van der Waals surface area (Å²) in [5, 5.41) is 2.53. The molecule has 5 heteroatoms. The van der Waals surface area contributed by atoms with Crippen LogP contribution < -0.4 is 0 Å². The molecule has 106 valence electrons. The Morgan fingerprint density at radius 3 is 2.33 bits per heavy atom. The molecule has 3 rings (SSSR count). The van der Waals surface area contributed by atoms with E-state index in [1.54, 1.807) is 6.07 Å². The minimum atomic E-state index is 0.409. The van der Waals surface area contributed by atoms with E-state index in [0.29, 0.717) is 21.0 Å². The molecule has 0 amide bonds. The third kappa shape index (κ3) is 2.59. The van der Waals surface area contributed by atoms with Crippen LogP contribution in [0, 0.1) is 13.8 Å². The molecule has 0 N–H and O–H groups in total. The molecule has 0 aliphatic heterocycles. The van der Waals surface area contributed by atoms with Crippen LogP contribution in [0.4, 0.5) is 0 Å². The highest BCUT2D eigenvalue weighted by Crippen LogP contribution is 2.31. The SMILES string of the molecule is Cc1ccc(-c2nc(Cl)c3ccc(Cl)c(C)c3n2)cc1Cl. The summed E-state index contributed by atoms with van der Waals surface area (Å²) in [6, 6.07) is 9.34. The second kappa shape index (κ2) is 5.45. The van der Waals surface area contributed by atoms with Crippen molar-refractivity contribution >= 4 is 45.7 Å². The number of aromatic nitrogens is 2. The molecular weight excluding hydrogens is 327 g/mol. The average Bonchev–Trinajstić information content (AvgIpc) is 2.46. The Hall–Kier alpha value is -1.35. The Bertz CT molecular complexity index is 860. The lowest BCUT2D eigenvalue weighted by Gasteiger charge is -2.08. The fourth-order valence-electron chi connectivity index (χ4n) is 2.13. The summed E-state index contributed by atoms with van der Waals surface area (Å²) in [5.41, 5.74) is 3.48. The molecule has 1 heterocycles. The molecule has 0 unspecified atom stereocenters. The molecule has 0 bridgehead atoms. The summed E-state index contributed by atoms with van der Waals surface area (Å²) in [6.45, 7) is 3.87. The van der Waals surface area contributed by atoms with Crippen LogP contribution in [0.3, 0.4) is 0 Å². The maximum atomic E-state index is 6.28. The summed E-state index contributed by atoms with van der Waals surface area (Å²) in [7, 11) is 0. The minimum Gasteiger partial charge on any atom is -0.228 e.